The Labute approximate surface area is 109 Å². The van der Waals surface area contributed by atoms with Crippen LogP contribution in [0.4, 0.5) is 5.95 Å². The molecule has 1 fully saturated rings. The molecular weight excluding hydrogens is 226 g/mol. The van der Waals surface area contributed by atoms with Crippen LogP contribution in [0.25, 0.3) is 0 Å². The highest BCUT2D eigenvalue weighted by molar-refractivity contribution is 5.31. The Bertz CT molecular complexity index is 400. The summed E-state index contributed by atoms with van der Waals surface area (Å²) in [6.07, 6.45) is 2.53. The Morgan fingerprint density at radius 1 is 1.39 bits per heavy atom. The van der Waals surface area contributed by atoms with Gasteiger partial charge in [0.2, 0.25) is 5.95 Å². The van der Waals surface area contributed by atoms with Gasteiger partial charge in [0.05, 0.1) is 6.10 Å². The van der Waals surface area contributed by atoms with E-state index in [0.717, 1.165) is 36.8 Å². The van der Waals surface area contributed by atoms with E-state index in [2.05, 4.69) is 35.2 Å². The molecule has 0 spiro atoms. The fourth-order valence-electron chi connectivity index (χ4n) is 2.19. The predicted molar refractivity (Wildman–Crippen MR) is 72.9 cm³/mol. The largest absolute Gasteiger partial charge is 0.378 e. The summed E-state index contributed by atoms with van der Waals surface area (Å²) in [5, 5.41) is 3.40. The van der Waals surface area contributed by atoms with Gasteiger partial charge in [-0.2, -0.15) is 0 Å². The lowest BCUT2D eigenvalue weighted by atomic mass is 9.89. The lowest BCUT2D eigenvalue weighted by molar-refractivity contribution is 0.00284. The second kappa shape index (κ2) is 5.65. The summed E-state index contributed by atoms with van der Waals surface area (Å²) in [5.41, 5.74) is 2.13. The highest BCUT2D eigenvalue weighted by Gasteiger charge is 2.30. The third-order valence-electron chi connectivity index (χ3n) is 3.30. The summed E-state index contributed by atoms with van der Waals surface area (Å²) in [6.45, 7) is 9.16. The molecule has 18 heavy (non-hydrogen) atoms. The molecule has 0 atom stereocenters. The van der Waals surface area contributed by atoms with Crippen molar-refractivity contribution in [1.82, 2.24) is 9.97 Å². The van der Waals surface area contributed by atoms with Crippen LogP contribution in [0.15, 0.2) is 6.07 Å². The Kier molecular flexibility index (Phi) is 4.17. The van der Waals surface area contributed by atoms with Gasteiger partial charge in [-0.3, -0.25) is 0 Å². The zero-order chi connectivity index (χ0) is 13.1. The molecule has 4 nitrogen and oxygen atoms in total. The normalized spacial score (nSPS) is 22.9. The van der Waals surface area contributed by atoms with Crippen LogP contribution in [0.1, 0.15) is 50.9 Å². The molecule has 1 aromatic rings. The monoisotopic (exact) mass is 249 g/mol. The van der Waals surface area contributed by atoms with Gasteiger partial charge in [-0.15, -0.1) is 0 Å². The van der Waals surface area contributed by atoms with Crippen LogP contribution in [0.5, 0.6) is 0 Å². The number of nitrogens with zero attached hydrogens (tertiary/aromatic N) is 2. The maximum atomic E-state index is 5.55. The molecule has 0 aromatic carbocycles. The van der Waals surface area contributed by atoms with Gasteiger partial charge in [-0.05, 0) is 38.7 Å². The average molecular weight is 249 g/mol. The van der Waals surface area contributed by atoms with E-state index < -0.39 is 0 Å². The van der Waals surface area contributed by atoms with Crippen molar-refractivity contribution in [3.05, 3.63) is 17.5 Å². The van der Waals surface area contributed by atoms with Crippen LogP contribution < -0.4 is 5.32 Å². The number of aryl methyl sites for hydroxylation is 1. The SMILES string of the molecule is CCOC1CC(Nc2nc(C)cc(C(C)C)n2)C1. The van der Waals surface area contributed by atoms with Crippen molar-refractivity contribution in [2.45, 2.75) is 58.6 Å². The second-order valence-corrected chi connectivity index (χ2v) is 5.30. The second-order valence-electron chi connectivity index (χ2n) is 5.30. The summed E-state index contributed by atoms with van der Waals surface area (Å²) < 4.78 is 5.55. The quantitative estimate of drug-likeness (QED) is 0.871. The lowest BCUT2D eigenvalue weighted by Gasteiger charge is -2.35. The highest BCUT2D eigenvalue weighted by atomic mass is 16.5. The van der Waals surface area contributed by atoms with Gasteiger partial charge in [0.15, 0.2) is 0 Å². The molecule has 100 valence electrons. The van der Waals surface area contributed by atoms with Crippen LogP contribution >= 0.6 is 0 Å². The number of rotatable bonds is 5. The number of ether oxygens (including phenoxy) is 1. The summed E-state index contributed by atoms with van der Waals surface area (Å²) in [7, 11) is 0. The molecule has 0 unspecified atom stereocenters. The van der Waals surface area contributed by atoms with Gasteiger partial charge in [0.1, 0.15) is 0 Å². The molecule has 0 amide bonds. The summed E-state index contributed by atoms with van der Waals surface area (Å²) in [5.74, 6) is 1.20. The molecule has 4 heteroatoms. The van der Waals surface area contributed by atoms with Crippen molar-refractivity contribution in [3.8, 4) is 0 Å². The Morgan fingerprint density at radius 3 is 2.72 bits per heavy atom. The maximum absolute atomic E-state index is 5.55. The van der Waals surface area contributed by atoms with E-state index in [9.17, 15) is 0 Å². The lowest BCUT2D eigenvalue weighted by Crippen LogP contribution is -2.41. The fraction of sp³-hybridized carbons (Fsp3) is 0.714. The number of aromatic nitrogens is 2. The smallest absolute Gasteiger partial charge is 0.223 e. The number of nitrogens with one attached hydrogen (secondary N) is 1. The van der Waals surface area contributed by atoms with Crippen molar-refractivity contribution in [2.75, 3.05) is 11.9 Å². The van der Waals surface area contributed by atoms with Crippen LogP contribution in [-0.4, -0.2) is 28.7 Å². The third kappa shape index (κ3) is 3.19. The zero-order valence-electron chi connectivity index (χ0n) is 11.7. The minimum Gasteiger partial charge on any atom is -0.378 e. The van der Waals surface area contributed by atoms with Crippen molar-refractivity contribution in [2.24, 2.45) is 0 Å². The molecule has 1 N–H and O–H groups in total. The van der Waals surface area contributed by atoms with E-state index in [4.69, 9.17) is 4.74 Å². The molecule has 1 aromatic heterocycles. The van der Waals surface area contributed by atoms with Gasteiger partial charge in [-0.1, -0.05) is 13.8 Å². The van der Waals surface area contributed by atoms with E-state index in [0.29, 0.717) is 18.1 Å². The molecule has 1 aliphatic rings. The maximum Gasteiger partial charge on any atom is 0.223 e. The molecule has 1 heterocycles. The standard InChI is InChI=1S/C14H23N3O/c1-5-18-12-7-11(8-12)16-14-15-10(4)6-13(17-14)9(2)3/h6,9,11-12H,5,7-8H2,1-4H3,(H,15,16,17). The van der Waals surface area contributed by atoms with E-state index in [1.165, 1.54) is 0 Å². The molecule has 2 rings (SSSR count). The Morgan fingerprint density at radius 2 is 2.11 bits per heavy atom. The minimum absolute atomic E-state index is 0.418. The van der Waals surface area contributed by atoms with Gasteiger partial charge in [-0.25, -0.2) is 9.97 Å². The fourth-order valence-corrected chi connectivity index (χ4v) is 2.19. The number of hydrogen-bond donors (Lipinski definition) is 1. The molecular formula is C14H23N3O. The average Bonchev–Trinajstić information content (AvgIpc) is 2.25. The van der Waals surface area contributed by atoms with Gasteiger partial charge in [0.25, 0.3) is 0 Å². The summed E-state index contributed by atoms with van der Waals surface area (Å²) in [6, 6.07) is 2.52. The first-order valence-electron chi connectivity index (χ1n) is 6.82. The number of anilines is 1. The number of hydrogen-bond acceptors (Lipinski definition) is 4. The highest BCUT2D eigenvalue weighted by Crippen LogP contribution is 2.26. The summed E-state index contributed by atoms with van der Waals surface area (Å²) >= 11 is 0. The van der Waals surface area contributed by atoms with Crippen molar-refractivity contribution >= 4 is 5.95 Å². The van der Waals surface area contributed by atoms with Crippen molar-refractivity contribution in [1.29, 1.82) is 0 Å². The minimum atomic E-state index is 0.418. The molecule has 0 radical (unpaired) electrons. The summed E-state index contributed by atoms with van der Waals surface area (Å²) in [4.78, 5) is 9.01. The Hall–Kier alpha value is -1.16. The first kappa shape index (κ1) is 13.3. The van der Waals surface area contributed by atoms with Gasteiger partial charge >= 0.3 is 0 Å². The molecule has 1 aliphatic carbocycles. The predicted octanol–water partition coefficient (Wildman–Crippen LogP) is 2.89. The third-order valence-corrected chi connectivity index (χ3v) is 3.30. The zero-order valence-corrected chi connectivity index (χ0v) is 11.7. The van der Waals surface area contributed by atoms with Crippen LogP contribution in [-0.2, 0) is 4.74 Å². The van der Waals surface area contributed by atoms with E-state index in [1.54, 1.807) is 0 Å². The van der Waals surface area contributed by atoms with E-state index >= 15 is 0 Å². The van der Waals surface area contributed by atoms with E-state index in [1.807, 2.05) is 13.8 Å². The van der Waals surface area contributed by atoms with Crippen molar-refractivity contribution < 1.29 is 4.74 Å². The first-order valence-corrected chi connectivity index (χ1v) is 6.82. The van der Waals surface area contributed by atoms with Crippen LogP contribution in [0, 0.1) is 6.92 Å². The van der Waals surface area contributed by atoms with Gasteiger partial charge < -0.3 is 10.1 Å². The first-order chi connectivity index (χ1) is 8.58. The van der Waals surface area contributed by atoms with Crippen LogP contribution in [0.3, 0.4) is 0 Å². The van der Waals surface area contributed by atoms with Gasteiger partial charge in [0, 0.05) is 24.0 Å². The van der Waals surface area contributed by atoms with Crippen LogP contribution in [0.2, 0.25) is 0 Å². The molecule has 1 saturated carbocycles. The molecule has 0 bridgehead atoms. The van der Waals surface area contributed by atoms with Crippen molar-refractivity contribution in [3.63, 3.8) is 0 Å². The topological polar surface area (TPSA) is 47.0 Å². The van der Waals surface area contributed by atoms with E-state index in [-0.39, 0.29) is 0 Å². The molecule has 0 aliphatic heterocycles. The Balaban J connectivity index is 1.94. The molecule has 0 saturated heterocycles.